The van der Waals surface area contributed by atoms with Gasteiger partial charge in [0.25, 0.3) is 11.8 Å². The average molecular weight is 392 g/mol. The predicted molar refractivity (Wildman–Crippen MR) is 108 cm³/mol. The first kappa shape index (κ1) is 19.3. The Morgan fingerprint density at radius 3 is 1.69 bits per heavy atom. The number of benzene rings is 2. The van der Waals surface area contributed by atoms with Gasteiger partial charge in [0.05, 0.1) is 0 Å². The lowest BCUT2D eigenvalue weighted by molar-refractivity contribution is -0.151. The Labute approximate surface area is 169 Å². The van der Waals surface area contributed by atoms with Crippen LogP contribution in [0, 0.1) is 5.41 Å². The summed E-state index contributed by atoms with van der Waals surface area (Å²) in [6.45, 7) is 0. The molecule has 1 saturated heterocycles. The molecule has 2 aliphatic heterocycles. The molecule has 1 saturated carbocycles. The molecule has 0 N–H and O–H groups in total. The summed E-state index contributed by atoms with van der Waals surface area (Å²) in [6, 6.07) is 11.0. The molecule has 1 spiro atoms. The molecule has 0 atom stereocenters. The van der Waals surface area contributed by atoms with Crippen molar-refractivity contribution in [1.82, 2.24) is 9.80 Å². The molecule has 6 nitrogen and oxygen atoms in total. The van der Waals surface area contributed by atoms with E-state index < -0.39 is 0 Å². The van der Waals surface area contributed by atoms with E-state index in [-0.39, 0.29) is 29.0 Å². The SMILES string of the molecule is CN1C(=O)CC2(CCCC2)CC1=O.CN1C(=O)c2cccc3cccc(c23)C1=O. The molecular weight excluding hydrogens is 368 g/mol. The molecule has 0 bridgehead atoms. The van der Waals surface area contributed by atoms with Gasteiger partial charge >= 0.3 is 0 Å². The third kappa shape index (κ3) is 3.22. The van der Waals surface area contributed by atoms with Crippen LogP contribution in [-0.4, -0.2) is 47.5 Å². The molecule has 3 aliphatic rings. The number of imide groups is 2. The second-order valence-electron chi connectivity index (χ2n) is 8.29. The van der Waals surface area contributed by atoms with Gasteiger partial charge in [-0.3, -0.25) is 29.0 Å². The summed E-state index contributed by atoms with van der Waals surface area (Å²) in [5.74, 6) is -0.431. The first-order valence-electron chi connectivity index (χ1n) is 9.96. The Balaban J connectivity index is 0.000000145. The fraction of sp³-hybridized carbons (Fsp3) is 0.391. The highest BCUT2D eigenvalue weighted by atomic mass is 16.2. The standard InChI is InChI=1S/C13H9NO2.C10H15NO2/c1-14-12(15)9-6-2-4-8-5-3-7-10(11(8)9)13(14)16;1-11-8(12)6-10(7-9(11)13)4-2-3-5-10/h2-7H,1H3;2-7H2,1H3. The van der Waals surface area contributed by atoms with E-state index in [4.69, 9.17) is 0 Å². The second kappa shape index (κ2) is 7.10. The van der Waals surface area contributed by atoms with Crippen LogP contribution in [0.2, 0.25) is 0 Å². The molecule has 1 aliphatic carbocycles. The first-order valence-corrected chi connectivity index (χ1v) is 9.96. The van der Waals surface area contributed by atoms with Gasteiger partial charge in [-0.15, -0.1) is 0 Å². The Morgan fingerprint density at radius 1 is 0.724 bits per heavy atom. The largest absolute Gasteiger partial charge is 0.286 e. The van der Waals surface area contributed by atoms with E-state index in [2.05, 4.69) is 0 Å². The van der Waals surface area contributed by atoms with Gasteiger partial charge in [-0.1, -0.05) is 37.1 Å². The summed E-state index contributed by atoms with van der Waals surface area (Å²) in [5.41, 5.74) is 1.27. The quantitative estimate of drug-likeness (QED) is 0.644. The van der Waals surface area contributed by atoms with E-state index >= 15 is 0 Å². The smallest absolute Gasteiger partial charge is 0.261 e. The highest BCUT2D eigenvalue weighted by molar-refractivity contribution is 6.25. The number of hydrogen-bond acceptors (Lipinski definition) is 4. The average Bonchev–Trinajstić information content (AvgIpc) is 3.16. The highest BCUT2D eigenvalue weighted by Gasteiger charge is 2.43. The fourth-order valence-corrected chi connectivity index (χ4v) is 4.71. The molecule has 2 heterocycles. The van der Waals surface area contributed by atoms with Gasteiger partial charge in [-0.2, -0.15) is 0 Å². The lowest BCUT2D eigenvalue weighted by Gasteiger charge is -2.35. The Bertz CT molecular complexity index is 966. The van der Waals surface area contributed by atoms with E-state index in [0.717, 1.165) is 28.5 Å². The number of carbonyl (C=O) groups is 4. The zero-order valence-electron chi connectivity index (χ0n) is 16.7. The number of carbonyl (C=O) groups excluding carboxylic acids is 4. The summed E-state index contributed by atoms with van der Waals surface area (Å²) in [4.78, 5) is 49.2. The van der Waals surface area contributed by atoms with Gasteiger partial charge < -0.3 is 0 Å². The third-order valence-corrected chi connectivity index (χ3v) is 6.44. The third-order valence-electron chi connectivity index (χ3n) is 6.44. The van der Waals surface area contributed by atoms with Crippen LogP contribution in [0.4, 0.5) is 0 Å². The predicted octanol–water partition coefficient (Wildman–Crippen LogP) is 3.39. The number of hydrogen-bond donors (Lipinski definition) is 0. The van der Waals surface area contributed by atoms with Crippen molar-refractivity contribution in [2.45, 2.75) is 38.5 Å². The first-order chi connectivity index (χ1) is 13.8. The fourth-order valence-electron chi connectivity index (χ4n) is 4.71. The molecule has 2 aromatic rings. The van der Waals surface area contributed by atoms with Gasteiger partial charge in [0.1, 0.15) is 0 Å². The van der Waals surface area contributed by atoms with Gasteiger partial charge in [0.2, 0.25) is 11.8 Å². The molecule has 2 aromatic carbocycles. The van der Waals surface area contributed by atoms with Crippen molar-refractivity contribution < 1.29 is 19.2 Å². The van der Waals surface area contributed by atoms with E-state index in [1.165, 1.54) is 24.8 Å². The Kier molecular flexibility index (Phi) is 4.73. The maximum Gasteiger partial charge on any atom is 0.261 e. The molecular formula is C23H24N2O4. The van der Waals surface area contributed by atoms with Crippen LogP contribution in [0.25, 0.3) is 10.8 Å². The monoisotopic (exact) mass is 392 g/mol. The van der Waals surface area contributed by atoms with Crippen LogP contribution < -0.4 is 0 Å². The minimum atomic E-state index is -0.228. The van der Waals surface area contributed by atoms with E-state index in [9.17, 15) is 19.2 Å². The summed E-state index contributed by atoms with van der Waals surface area (Å²) < 4.78 is 0. The number of likely N-dealkylation sites (tertiary alicyclic amines) is 1. The van der Waals surface area contributed by atoms with Gasteiger partial charge in [0, 0.05) is 43.5 Å². The molecule has 0 aromatic heterocycles. The maximum atomic E-state index is 11.9. The van der Waals surface area contributed by atoms with E-state index in [1.54, 1.807) is 19.2 Å². The number of amides is 4. The lowest BCUT2D eigenvalue weighted by Crippen LogP contribution is -2.44. The van der Waals surface area contributed by atoms with Crippen molar-refractivity contribution in [3.05, 3.63) is 47.5 Å². The normalized spacial score (nSPS) is 20.3. The molecule has 4 amide bonds. The lowest BCUT2D eigenvalue weighted by atomic mass is 9.76. The molecule has 0 unspecified atom stereocenters. The molecule has 5 rings (SSSR count). The topological polar surface area (TPSA) is 74.8 Å². The number of rotatable bonds is 0. The molecule has 29 heavy (non-hydrogen) atoms. The van der Waals surface area contributed by atoms with Crippen molar-refractivity contribution in [3.63, 3.8) is 0 Å². The van der Waals surface area contributed by atoms with Gasteiger partial charge in [-0.25, -0.2) is 0 Å². The molecule has 2 fully saturated rings. The van der Waals surface area contributed by atoms with Crippen LogP contribution >= 0.6 is 0 Å². The Hall–Kier alpha value is -3.02. The Morgan fingerprint density at radius 2 is 1.21 bits per heavy atom. The van der Waals surface area contributed by atoms with E-state index in [0.29, 0.717) is 24.0 Å². The molecule has 150 valence electrons. The van der Waals surface area contributed by atoms with Crippen LogP contribution in [0.5, 0.6) is 0 Å². The summed E-state index contributed by atoms with van der Waals surface area (Å²) >= 11 is 0. The summed E-state index contributed by atoms with van der Waals surface area (Å²) in [5, 5.41) is 1.71. The van der Waals surface area contributed by atoms with Crippen molar-refractivity contribution >= 4 is 34.4 Å². The number of piperidine rings is 1. The van der Waals surface area contributed by atoms with Crippen LogP contribution in [0.15, 0.2) is 36.4 Å². The van der Waals surface area contributed by atoms with Crippen molar-refractivity contribution in [3.8, 4) is 0 Å². The number of nitrogens with zero attached hydrogens (tertiary/aromatic N) is 2. The van der Waals surface area contributed by atoms with Crippen molar-refractivity contribution in [2.75, 3.05) is 14.1 Å². The zero-order valence-corrected chi connectivity index (χ0v) is 16.7. The van der Waals surface area contributed by atoms with Crippen molar-refractivity contribution in [2.24, 2.45) is 5.41 Å². The summed E-state index contributed by atoms with van der Waals surface area (Å²) in [6.07, 6.45) is 5.69. The van der Waals surface area contributed by atoms with Gasteiger partial charge in [0.15, 0.2) is 0 Å². The van der Waals surface area contributed by atoms with E-state index in [1.807, 2.05) is 24.3 Å². The van der Waals surface area contributed by atoms with Crippen LogP contribution in [-0.2, 0) is 9.59 Å². The highest BCUT2D eigenvalue weighted by Crippen LogP contribution is 2.46. The minimum absolute atomic E-state index is 0.0122. The van der Waals surface area contributed by atoms with Crippen LogP contribution in [0.1, 0.15) is 59.2 Å². The second-order valence-corrected chi connectivity index (χ2v) is 8.29. The minimum Gasteiger partial charge on any atom is -0.286 e. The molecule has 0 radical (unpaired) electrons. The van der Waals surface area contributed by atoms with Crippen molar-refractivity contribution in [1.29, 1.82) is 0 Å². The van der Waals surface area contributed by atoms with Crippen LogP contribution in [0.3, 0.4) is 0 Å². The van der Waals surface area contributed by atoms with Gasteiger partial charge in [-0.05, 0) is 35.8 Å². The molecule has 6 heteroatoms. The zero-order chi connectivity index (χ0) is 20.8. The summed E-state index contributed by atoms with van der Waals surface area (Å²) in [7, 11) is 3.10. The maximum absolute atomic E-state index is 11.9.